The van der Waals surface area contributed by atoms with Gasteiger partial charge in [-0.05, 0) is 86.1 Å². The van der Waals surface area contributed by atoms with Crippen LogP contribution in [0.15, 0.2) is 79.1 Å². The van der Waals surface area contributed by atoms with Gasteiger partial charge in [-0.2, -0.15) is 10.2 Å². The predicted molar refractivity (Wildman–Crippen MR) is 258 cm³/mol. The summed E-state index contributed by atoms with van der Waals surface area (Å²) < 4.78 is 19.4. The second-order valence-corrected chi connectivity index (χ2v) is 18.8. The normalized spacial score (nSPS) is 19.1. The lowest BCUT2D eigenvalue weighted by atomic mass is 9.85. The Morgan fingerprint density at radius 3 is 2.50 bits per heavy atom. The van der Waals surface area contributed by atoms with Gasteiger partial charge in [-0.1, -0.05) is 39.0 Å². The Morgan fingerprint density at radius 2 is 1.78 bits per heavy atom. The summed E-state index contributed by atoms with van der Waals surface area (Å²) in [6.45, 7) is 11.8. The lowest BCUT2D eigenvalue weighted by Gasteiger charge is -2.39. The summed E-state index contributed by atoms with van der Waals surface area (Å²) in [4.78, 5) is 65.7. The van der Waals surface area contributed by atoms with Crippen LogP contribution in [-0.4, -0.2) is 131 Å². The van der Waals surface area contributed by atoms with Gasteiger partial charge in [0.1, 0.15) is 30.1 Å². The van der Waals surface area contributed by atoms with Gasteiger partial charge in [-0.3, -0.25) is 29.0 Å². The van der Waals surface area contributed by atoms with E-state index in [0.717, 1.165) is 41.3 Å². The third-order valence-electron chi connectivity index (χ3n) is 13.1. The molecule has 4 amide bonds. The highest BCUT2D eigenvalue weighted by atomic mass is 16.5. The van der Waals surface area contributed by atoms with Crippen LogP contribution in [0.25, 0.3) is 22.6 Å². The fourth-order valence-corrected chi connectivity index (χ4v) is 9.36. The highest BCUT2D eigenvalue weighted by Crippen LogP contribution is 2.35. The Morgan fingerprint density at radius 1 is 0.956 bits per heavy atom. The summed E-state index contributed by atoms with van der Waals surface area (Å²) in [6, 6.07) is 19.4. The van der Waals surface area contributed by atoms with Gasteiger partial charge in [-0.25, -0.2) is 4.98 Å². The molecule has 68 heavy (non-hydrogen) atoms. The molecule has 360 valence electrons. The van der Waals surface area contributed by atoms with Crippen molar-refractivity contribution >= 4 is 40.7 Å². The Kier molecular flexibility index (Phi) is 14.7. The van der Waals surface area contributed by atoms with Gasteiger partial charge in [-0.15, -0.1) is 0 Å². The fourth-order valence-electron chi connectivity index (χ4n) is 9.36. The highest BCUT2D eigenvalue weighted by Gasteiger charge is 2.42. The number of nitrogens with zero attached hydrogens (tertiary/aromatic N) is 7. The van der Waals surface area contributed by atoms with Gasteiger partial charge < -0.3 is 44.9 Å². The number of H-pyrrole nitrogens is 1. The van der Waals surface area contributed by atoms with Crippen LogP contribution in [0.1, 0.15) is 69.4 Å². The number of carbonyl (C=O) groups excluding carboxylic acids is 4. The quantitative estimate of drug-likeness (QED) is 0.107. The first-order valence-electron chi connectivity index (χ1n) is 23.4. The number of anilines is 3. The smallest absolute Gasteiger partial charge is 0.274 e. The number of aryl methyl sites for hydroxylation is 1. The third kappa shape index (κ3) is 11.0. The Labute approximate surface area is 397 Å². The molecule has 18 heteroatoms. The molecule has 0 unspecified atom stereocenters. The Hall–Kier alpha value is -6.79. The second-order valence-electron chi connectivity index (χ2n) is 18.8. The van der Waals surface area contributed by atoms with Gasteiger partial charge in [0.2, 0.25) is 17.7 Å². The first kappa shape index (κ1) is 47.7. The van der Waals surface area contributed by atoms with E-state index in [2.05, 4.69) is 59.0 Å². The number of hydrogen-bond donors (Lipinski definition) is 4. The second kappa shape index (κ2) is 21.0. The molecule has 4 atom stereocenters. The van der Waals surface area contributed by atoms with Gasteiger partial charge in [0.15, 0.2) is 0 Å². The molecule has 2 aromatic carbocycles. The number of methoxy groups -OCH3 is 1. The molecule has 4 N–H and O–H groups in total. The highest BCUT2D eigenvalue weighted by molar-refractivity contribution is 6.04. The minimum absolute atomic E-state index is 0.0653. The van der Waals surface area contributed by atoms with E-state index in [4.69, 9.17) is 14.2 Å². The first-order chi connectivity index (χ1) is 32.8. The van der Waals surface area contributed by atoms with Gasteiger partial charge in [0.05, 0.1) is 49.2 Å². The minimum atomic E-state index is -0.869. The maximum absolute atomic E-state index is 14.3. The number of carbonyl (C=O) groups is 4. The molecule has 0 saturated carbocycles. The van der Waals surface area contributed by atoms with E-state index >= 15 is 0 Å². The zero-order valence-corrected chi connectivity index (χ0v) is 39.8. The van der Waals surface area contributed by atoms with Crippen LogP contribution in [0.5, 0.6) is 5.75 Å². The topological polar surface area (TPSA) is 201 Å². The molecule has 3 aliphatic heterocycles. The number of morpholine rings is 1. The largest absolute Gasteiger partial charge is 0.494 e. The zero-order chi connectivity index (χ0) is 48.0. The molecule has 0 radical (unpaired) electrons. The SMILES string of the molecule is COc1cc(N2CC[C@H](OCC(=O)N[C@H](C(=O)N3CCC[C@H]3C(=O)NCc3ccc(-c4ccnn4C)cc3N3CCOCC3)C(C)(C)C)C[C@@H]2C)ccc1NC(=O)c1cccc(-c2ccn[nH]2)n1. The van der Waals surface area contributed by atoms with Crippen LogP contribution in [0.3, 0.4) is 0 Å². The van der Waals surface area contributed by atoms with Crippen molar-refractivity contribution in [3.05, 3.63) is 90.4 Å². The van der Waals surface area contributed by atoms with E-state index < -0.39 is 17.5 Å². The molecule has 18 nitrogen and oxygen atoms in total. The van der Waals surface area contributed by atoms with E-state index in [-0.39, 0.29) is 48.1 Å². The first-order valence-corrected chi connectivity index (χ1v) is 23.4. The molecule has 5 aromatic rings. The summed E-state index contributed by atoms with van der Waals surface area (Å²) >= 11 is 0. The Balaban J connectivity index is 0.839. The Bertz CT molecular complexity index is 2570. The molecule has 3 aromatic heterocycles. The van der Waals surface area contributed by atoms with Crippen molar-refractivity contribution in [2.75, 3.05) is 68.2 Å². The maximum atomic E-state index is 14.3. The van der Waals surface area contributed by atoms with Crippen molar-refractivity contribution < 1.29 is 33.4 Å². The molecule has 0 spiro atoms. The number of piperidine rings is 1. The number of nitrogens with one attached hydrogen (secondary N) is 4. The third-order valence-corrected chi connectivity index (χ3v) is 13.1. The summed E-state index contributed by atoms with van der Waals surface area (Å²) in [7, 11) is 3.48. The summed E-state index contributed by atoms with van der Waals surface area (Å²) in [5, 5.41) is 20.2. The average Bonchev–Trinajstić information content (AvgIpc) is 4.16. The van der Waals surface area contributed by atoms with Gasteiger partial charge in [0, 0.05) is 81.2 Å². The standard InChI is InChI=1S/C50H63N11O7/c1-32-27-36(18-22-60(32)35-14-15-39(44(29-35)66-6)55-47(63)40-10-7-9-37(54-40)38-16-19-52-57-38)68-31-45(62)56-46(50(2,3)4)49(65)61-21-8-11-42(61)48(64)51-30-34-13-12-33(41-17-20-53-58(41)5)28-43(34)59-23-25-67-26-24-59/h7,9-10,12-17,19-20,28-29,32,36,42,46H,8,11,18,21-27,30-31H2,1-6H3,(H,51,64)(H,52,57)(H,55,63)(H,56,62)/t32-,36-,42-,46+/m0/s1. The van der Waals surface area contributed by atoms with Crippen LogP contribution in [0.2, 0.25) is 0 Å². The monoisotopic (exact) mass is 929 g/mol. The van der Waals surface area contributed by atoms with E-state index in [1.807, 2.05) is 68.9 Å². The molecular formula is C50H63N11O7. The minimum Gasteiger partial charge on any atom is -0.494 e. The molecule has 8 rings (SSSR count). The number of pyridine rings is 1. The van der Waals surface area contributed by atoms with Crippen LogP contribution in [-0.2, 0) is 37.4 Å². The maximum Gasteiger partial charge on any atom is 0.274 e. The van der Waals surface area contributed by atoms with Gasteiger partial charge in [0.25, 0.3) is 5.91 Å². The van der Waals surface area contributed by atoms with E-state index in [1.165, 1.54) is 0 Å². The number of ether oxygens (including phenoxy) is 3. The number of aromatic amines is 1. The molecule has 3 fully saturated rings. The van der Waals surface area contributed by atoms with Crippen LogP contribution >= 0.6 is 0 Å². The summed E-state index contributed by atoms with van der Waals surface area (Å²) in [6.07, 6.45) is 5.78. The number of benzene rings is 2. The number of hydrogen-bond acceptors (Lipinski definition) is 12. The average molecular weight is 930 g/mol. The van der Waals surface area contributed by atoms with Crippen molar-refractivity contribution in [1.82, 2.24) is 40.5 Å². The molecule has 3 saturated heterocycles. The van der Waals surface area contributed by atoms with Crippen LogP contribution in [0, 0.1) is 5.41 Å². The lowest BCUT2D eigenvalue weighted by Crippen LogP contribution is -2.58. The molecule has 6 heterocycles. The number of aromatic nitrogens is 5. The van der Waals surface area contributed by atoms with Gasteiger partial charge >= 0.3 is 0 Å². The molecule has 0 aliphatic carbocycles. The molecular weight excluding hydrogens is 867 g/mol. The molecule has 0 bridgehead atoms. The number of likely N-dealkylation sites (tertiary alicyclic amines) is 1. The van der Waals surface area contributed by atoms with Crippen LogP contribution < -0.4 is 30.5 Å². The van der Waals surface area contributed by atoms with Crippen molar-refractivity contribution in [1.29, 1.82) is 0 Å². The van der Waals surface area contributed by atoms with E-state index in [0.29, 0.717) is 81.4 Å². The number of rotatable bonds is 15. The lowest BCUT2D eigenvalue weighted by molar-refractivity contribution is -0.145. The van der Waals surface area contributed by atoms with Crippen LogP contribution in [0.4, 0.5) is 17.1 Å². The fraction of sp³-hybridized carbons (Fsp3) is 0.460. The van der Waals surface area contributed by atoms with E-state index in [9.17, 15) is 19.2 Å². The predicted octanol–water partition coefficient (Wildman–Crippen LogP) is 5.18. The van der Waals surface area contributed by atoms with Crippen molar-refractivity contribution in [2.45, 2.75) is 84.2 Å². The summed E-state index contributed by atoms with van der Waals surface area (Å²) in [5.74, 6) is -0.748. The zero-order valence-electron chi connectivity index (χ0n) is 39.8. The molecule has 3 aliphatic rings. The van der Waals surface area contributed by atoms with Crippen molar-refractivity contribution in [2.24, 2.45) is 12.5 Å². The van der Waals surface area contributed by atoms with E-state index in [1.54, 1.807) is 48.7 Å². The summed E-state index contributed by atoms with van der Waals surface area (Å²) in [5.41, 5.74) is 6.40. The number of amides is 4. The van der Waals surface area contributed by atoms with Crippen molar-refractivity contribution in [3.63, 3.8) is 0 Å². The van der Waals surface area contributed by atoms with Crippen molar-refractivity contribution in [3.8, 4) is 28.4 Å².